The zero-order valence-electron chi connectivity index (χ0n) is 11.2. The van der Waals surface area contributed by atoms with Gasteiger partial charge < -0.3 is 11.1 Å². The maximum Gasteiger partial charge on any atom is 0.391 e. The van der Waals surface area contributed by atoms with Crippen LogP contribution in [0, 0.1) is 17.7 Å². The predicted molar refractivity (Wildman–Crippen MR) is 69.9 cm³/mol. The highest BCUT2D eigenvalue weighted by Gasteiger charge is 2.30. The maximum atomic E-state index is 13.7. The van der Waals surface area contributed by atoms with Gasteiger partial charge in [-0.05, 0) is 25.1 Å². The van der Waals surface area contributed by atoms with Gasteiger partial charge in [0.05, 0.1) is 18.5 Å². The van der Waals surface area contributed by atoms with Crippen LogP contribution in [0.25, 0.3) is 0 Å². The highest BCUT2D eigenvalue weighted by Crippen LogP contribution is 2.21. The van der Waals surface area contributed by atoms with Gasteiger partial charge in [-0.25, -0.2) is 4.39 Å². The monoisotopic (exact) mass is 302 g/mol. The highest BCUT2D eigenvalue weighted by molar-refractivity contribution is 5.94. The molecule has 1 atom stereocenters. The van der Waals surface area contributed by atoms with Crippen LogP contribution in [0.5, 0.6) is 0 Å². The molecule has 1 amide bonds. The van der Waals surface area contributed by atoms with E-state index in [1.165, 1.54) is 19.1 Å². The first-order valence-electron chi connectivity index (χ1n) is 6.09. The first kappa shape index (κ1) is 17.0. The summed E-state index contributed by atoms with van der Waals surface area (Å²) >= 11 is 0. The Morgan fingerprint density at radius 1 is 1.43 bits per heavy atom. The third kappa shape index (κ3) is 5.83. The Balaban J connectivity index is 2.79. The number of rotatable bonds is 3. The van der Waals surface area contributed by atoms with Crippen LogP contribution in [0.15, 0.2) is 18.2 Å². The van der Waals surface area contributed by atoms with Crippen LogP contribution >= 0.6 is 0 Å². The van der Waals surface area contributed by atoms with E-state index >= 15 is 0 Å². The zero-order chi connectivity index (χ0) is 16.0. The quantitative estimate of drug-likeness (QED) is 0.664. The summed E-state index contributed by atoms with van der Waals surface area (Å²) in [5.74, 6) is 3.36. The fourth-order valence-electron chi connectivity index (χ4n) is 1.63. The predicted octanol–water partition coefficient (Wildman–Crippen LogP) is 2.21. The molecule has 0 aliphatic carbocycles. The minimum Gasteiger partial charge on any atom is -0.349 e. The molecule has 0 bridgehead atoms. The van der Waals surface area contributed by atoms with E-state index in [4.69, 9.17) is 5.73 Å². The average molecular weight is 302 g/mol. The summed E-state index contributed by atoms with van der Waals surface area (Å²) in [4.78, 5) is 11.7. The van der Waals surface area contributed by atoms with Crippen molar-refractivity contribution in [1.29, 1.82) is 0 Å². The molecule has 0 saturated heterocycles. The minimum atomic E-state index is -4.40. The van der Waals surface area contributed by atoms with Crippen molar-refractivity contribution in [3.05, 3.63) is 35.1 Å². The third-order valence-electron chi connectivity index (χ3n) is 2.46. The molecule has 0 aromatic heterocycles. The number of carbonyl (C=O) groups excluding carboxylic acids is 1. The molecule has 114 valence electrons. The molecule has 0 saturated carbocycles. The fourth-order valence-corrected chi connectivity index (χ4v) is 1.63. The topological polar surface area (TPSA) is 55.1 Å². The van der Waals surface area contributed by atoms with E-state index in [9.17, 15) is 22.4 Å². The molecule has 3 N–H and O–H groups in total. The van der Waals surface area contributed by atoms with Gasteiger partial charge in [0, 0.05) is 11.6 Å². The maximum absolute atomic E-state index is 13.7. The summed E-state index contributed by atoms with van der Waals surface area (Å²) in [5.41, 5.74) is 5.17. The van der Waals surface area contributed by atoms with E-state index in [1.54, 1.807) is 0 Å². The Morgan fingerprint density at radius 2 is 2.10 bits per heavy atom. The second kappa shape index (κ2) is 7.09. The second-order valence-corrected chi connectivity index (χ2v) is 4.39. The van der Waals surface area contributed by atoms with Crippen molar-refractivity contribution < 1.29 is 22.4 Å². The van der Waals surface area contributed by atoms with Crippen LogP contribution < -0.4 is 11.1 Å². The molecule has 1 aromatic rings. The van der Waals surface area contributed by atoms with Gasteiger partial charge >= 0.3 is 6.18 Å². The van der Waals surface area contributed by atoms with E-state index in [1.807, 2.05) is 0 Å². The van der Waals surface area contributed by atoms with Gasteiger partial charge in [0.15, 0.2) is 0 Å². The van der Waals surface area contributed by atoms with Crippen LogP contribution in [-0.4, -0.2) is 24.7 Å². The molecule has 0 spiro atoms. The normalized spacial score (nSPS) is 12.3. The Morgan fingerprint density at radius 3 is 2.62 bits per heavy atom. The number of nitrogens with one attached hydrogen (secondary N) is 1. The van der Waals surface area contributed by atoms with Crippen LogP contribution in [0.2, 0.25) is 0 Å². The zero-order valence-corrected chi connectivity index (χ0v) is 11.2. The van der Waals surface area contributed by atoms with Crippen molar-refractivity contribution in [3.63, 3.8) is 0 Å². The molecule has 0 heterocycles. The number of carbonyl (C=O) groups is 1. The second-order valence-electron chi connectivity index (χ2n) is 4.39. The van der Waals surface area contributed by atoms with Crippen LogP contribution in [0.3, 0.4) is 0 Å². The summed E-state index contributed by atoms with van der Waals surface area (Å²) in [7, 11) is 0. The number of hydrogen-bond acceptors (Lipinski definition) is 2. The molecule has 7 heteroatoms. The van der Waals surface area contributed by atoms with Gasteiger partial charge in [-0.1, -0.05) is 11.8 Å². The Labute approximate surface area is 119 Å². The Bertz CT molecular complexity index is 573. The van der Waals surface area contributed by atoms with Crippen molar-refractivity contribution in [2.45, 2.75) is 25.6 Å². The largest absolute Gasteiger partial charge is 0.391 e. The summed E-state index contributed by atoms with van der Waals surface area (Å²) in [6, 6.07) is 2.46. The molecule has 0 aliphatic heterocycles. The molecule has 1 aromatic carbocycles. The standard InChI is InChI=1S/C14H14F4N2O/c1-9(8-14(16,17)18)20-13(21)11-5-4-10(3-2-6-19)7-12(11)15/h4-5,7,9H,6,8,19H2,1H3,(H,20,21). The number of halogens is 4. The fraction of sp³-hybridized carbons (Fsp3) is 0.357. The molecule has 1 rings (SSSR count). The molecule has 0 aliphatic rings. The van der Waals surface area contributed by atoms with Gasteiger partial charge in [-0.3, -0.25) is 4.79 Å². The minimum absolute atomic E-state index is 0.110. The van der Waals surface area contributed by atoms with Gasteiger partial charge in [-0.15, -0.1) is 0 Å². The molecule has 0 radical (unpaired) electrons. The molecule has 1 unspecified atom stereocenters. The number of nitrogens with two attached hydrogens (primary N) is 1. The number of amides is 1. The van der Waals surface area contributed by atoms with Crippen molar-refractivity contribution in [3.8, 4) is 11.8 Å². The van der Waals surface area contributed by atoms with Gasteiger partial charge in [-0.2, -0.15) is 13.2 Å². The molecular weight excluding hydrogens is 288 g/mol. The molecule has 3 nitrogen and oxygen atoms in total. The van der Waals surface area contributed by atoms with Crippen LogP contribution in [0.1, 0.15) is 29.3 Å². The SMILES string of the molecule is CC(CC(F)(F)F)NC(=O)c1ccc(C#CCN)cc1F. The average Bonchev–Trinajstić information content (AvgIpc) is 2.33. The van der Waals surface area contributed by atoms with E-state index in [0.29, 0.717) is 5.56 Å². The van der Waals surface area contributed by atoms with Gasteiger partial charge in [0.25, 0.3) is 5.91 Å². The summed E-state index contributed by atoms with van der Waals surface area (Å²) < 4.78 is 50.2. The van der Waals surface area contributed by atoms with E-state index < -0.39 is 30.4 Å². The van der Waals surface area contributed by atoms with E-state index in [2.05, 4.69) is 17.2 Å². The highest BCUT2D eigenvalue weighted by atomic mass is 19.4. The molecule has 21 heavy (non-hydrogen) atoms. The van der Waals surface area contributed by atoms with Crippen molar-refractivity contribution in [1.82, 2.24) is 5.32 Å². The van der Waals surface area contributed by atoms with Gasteiger partial charge in [0.2, 0.25) is 0 Å². The van der Waals surface area contributed by atoms with E-state index in [0.717, 1.165) is 6.07 Å². The number of alkyl halides is 3. The van der Waals surface area contributed by atoms with Crippen LogP contribution in [-0.2, 0) is 0 Å². The van der Waals surface area contributed by atoms with Crippen molar-refractivity contribution in [2.24, 2.45) is 5.73 Å². The van der Waals surface area contributed by atoms with Crippen molar-refractivity contribution in [2.75, 3.05) is 6.54 Å². The lowest BCUT2D eigenvalue weighted by Crippen LogP contribution is -2.36. The van der Waals surface area contributed by atoms with Crippen molar-refractivity contribution >= 4 is 5.91 Å². The summed E-state index contributed by atoms with van der Waals surface area (Å²) in [5, 5.41) is 2.10. The van der Waals surface area contributed by atoms with Crippen LogP contribution in [0.4, 0.5) is 17.6 Å². The lowest BCUT2D eigenvalue weighted by atomic mass is 10.1. The third-order valence-corrected chi connectivity index (χ3v) is 2.46. The number of hydrogen-bond donors (Lipinski definition) is 2. The lowest BCUT2D eigenvalue weighted by molar-refractivity contribution is -0.138. The summed E-state index contributed by atoms with van der Waals surface area (Å²) in [6.07, 6.45) is -5.58. The lowest BCUT2D eigenvalue weighted by Gasteiger charge is -2.16. The van der Waals surface area contributed by atoms with E-state index in [-0.39, 0.29) is 12.1 Å². The number of benzene rings is 1. The molecular formula is C14H14F4N2O. The van der Waals surface area contributed by atoms with Gasteiger partial charge in [0.1, 0.15) is 5.82 Å². The first-order chi connectivity index (χ1) is 9.73. The Hall–Kier alpha value is -2.07. The molecule has 0 fully saturated rings. The first-order valence-corrected chi connectivity index (χ1v) is 6.09. The Kier molecular flexibility index (Phi) is 5.73. The summed E-state index contributed by atoms with van der Waals surface area (Å²) in [6.45, 7) is 1.31. The smallest absolute Gasteiger partial charge is 0.349 e.